The molecule has 0 saturated carbocycles. The fourth-order valence-electron chi connectivity index (χ4n) is 3.68. The number of anilines is 1. The van der Waals surface area contributed by atoms with Gasteiger partial charge in [0.25, 0.3) is 0 Å². The molecule has 2 aliphatic rings. The standard InChI is InChI=1S/C19H22FN3OS/c20-16-5-3-14(4-6-16)17-13-25-19(21-17)23-11-7-15(8-12-23)18(24)22-9-1-2-10-22/h3-6,13,15H,1-2,7-12H2. The van der Waals surface area contributed by atoms with Gasteiger partial charge in [0, 0.05) is 43.0 Å². The number of benzene rings is 1. The minimum Gasteiger partial charge on any atom is -0.348 e. The molecule has 0 radical (unpaired) electrons. The summed E-state index contributed by atoms with van der Waals surface area (Å²) in [6.45, 7) is 3.63. The Morgan fingerprint density at radius 3 is 2.44 bits per heavy atom. The van der Waals surface area contributed by atoms with Crippen LogP contribution in [0, 0.1) is 11.7 Å². The molecule has 6 heteroatoms. The van der Waals surface area contributed by atoms with Gasteiger partial charge in [-0.15, -0.1) is 11.3 Å². The van der Waals surface area contributed by atoms with Gasteiger partial charge in [-0.2, -0.15) is 0 Å². The predicted molar refractivity (Wildman–Crippen MR) is 98.3 cm³/mol. The molecule has 132 valence electrons. The zero-order chi connectivity index (χ0) is 17.2. The van der Waals surface area contributed by atoms with E-state index in [1.807, 2.05) is 10.3 Å². The van der Waals surface area contributed by atoms with Crippen molar-refractivity contribution in [2.24, 2.45) is 5.92 Å². The summed E-state index contributed by atoms with van der Waals surface area (Å²) in [7, 11) is 0. The van der Waals surface area contributed by atoms with E-state index in [0.717, 1.165) is 68.3 Å². The van der Waals surface area contributed by atoms with Gasteiger partial charge in [0.15, 0.2) is 5.13 Å². The average Bonchev–Trinajstić information content (AvgIpc) is 3.34. The van der Waals surface area contributed by atoms with Crippen LogP contribution in [0.2, 0.25) is 0 Å². The van der Waals surface area contributed by atoms with Crippen molar-refractivity contribution >= 4 is 22.4 Å². The molecule has 0 N–H and O–H groups in total. The lowest BCUT2D eigenvalue weighted by molar-refractivity contribution is -0.135. The smallest absolute Gasteiger partial charge is 0.225 e. The van der Waals surface area contributed by atoms with Crippen molar-refractivity contribution in [2.45, 2.75) is 25.7 Å². The first-order valence-corrected chi connectivity index (χ1v) is 9.84. The normalized spacial score (nSPS) is 18.8. The van der Waals surface area contributed by atoms with E-state index in [1.54, 1.807) is 23.5 Å². The van der Waals surface area contributed by atoms with Crippen molar-refractivity contribution in [3.05, 3.63) is 35.5 Å². The van der Waals surface area contributed by atoms with Gasteiger partial charge in [-0.3, -0.25) is 4.79 Å². The summed E-state index contributed by atoms with van der Waals surface area (Å²) >= 11 is 1.62. The summed E-state index contributed by atoms with van der Waals surface area (Å²) in [5, 5.41) is 3.01. The van der Waals surface area contributed by atoms with Gasteiger partial charge in [0.05, 0.1) is 5.69 Å². The number of piperidine rings is 1. The van der Waals surface area contributed by atoms with E-state index < -0.39 is 0 Å². The summed E-state index contributed by atoms with van der Waals surface area (Å²) in [4.78, 5) is 21.5. The first-order chi connectivity index (χ1) is 12.2. The van der Waals surface area contributed by atoms with E-state index in [2.05, 4.69) is 4.90 Å². The van der Waals surface area contributed by atoms with Gasteiger partial charge in [-0.1, -0.05) is 0 Å². The molecule has 0 aliphatic carbocycles. The first kappa shape index (κ1) is 16.5. The zero-order valence-electron chi connectivity index (χ0n) is 14.2. The second-order valence-corrected chi connectivity index (χ2v) is 7.65. The summed E-state index contributed by atoms with van der Waals surface area (Å²) in [5.41, 5.74) is 1.82. The highest BCUT2D eigenvalue weighted by Crippen LogP contribution is 2.31. The van der Waals surface area contributed by atoms with Gasteiger partial charge in [0.1, 0.15) is 5.82 Å². The summed E-state index contributed by atoms with van der Waals surface area (Å²) < 4.78 is 13.1. The summed E-state index contributed by atoms with van der Waals surface area (Å²) in [5.74, 6) is 0.290. The van der Waals surface area contributed by atoms with Crippen molar-refractivity contribution in [1.29, 1.82) is 0 Å². The van der Waals surface area contributed by atoms with Gasteiger partial charge >= 0.3 is 0 Å². The van der Waals surface area contributed by atoms with E-state index in [-0.39, 0.29) is 11.7 Å². The van der Waals surface area contributed by atoms with Gasteiger partial charge < -0.3 is 9.80 Å². The molecular weight excluding hydrogens is 337 g/mol. The summed E-state index contributed by atoms with van der Waals surface area (Å²) in [6.07, 6.45) is 4.10. The van der Waals surface area contributed by atoms with Crippen LogP contribution in [-0.2, 0) is 4.79 Å². The zero-order valence-corrected chi connectivity index (χ0v) is 15.0. The molecule has 3 heterocycles. The number of thiazole rings is 1. The van der Waals surface area contributed by atoms with Gasteiger partial charge in [-0.05, 0) is 49.9 Å². The number of hydrogen-bond donors (Lipinski definition) is 0. The molecule has 2 fully saturated rings. The maximum Gasteiger partial charge on any atom is 0.225 e. The molecule has 25 heavy (non-hydrogen) atoms. The maximum absolute atomic E-state index is 13.1. The van der Waals surface area contributed by atoms with Crippen LogP contribution in [0.1, 0.15) is 25.7 Å². The highest BCUT2D eigenvalue weighted by molar-refractivity contribution is 7.14. The van der Waals surface area contributed by atoms with Crippen LogP contribution in [0.3, 0.4) is 0 Å². The second kappa shape index (κ2) is 7.12. The quantitative estimate of drug-likeness (QED) is 0.837. The molecule has 1 aromatic heterocycles. The fourth-order valence-corrected chi connectivity index (χ4v) is 4.56. The lowest BCUT2D eigenvalue weighted by Crippen LogP contribution is -2.41. The van der Waals surface area contributed by atoms with Crippen LogP contribution >= 0.6 is 11.3 Å². The Hall–Kier alpha value is -1.95. The average molecular weight is 359 g/mol. The molecule has 0 bridgehead atoms. The third-order valence-electron chi connectivity index (χ3n) is 5.16. The van der Waals surface area contributed by atoms with Crippen molar-refractivity contribution < 1.29 is 9.18 Å². The minimum absolute atomic E-state index is 0.172. The Balaban J connectivity index is 1.38. The minimum atomic E-state index is -0.232. The lowest BCUT2D eigenvalue weighted by atomic mass is 9.95. The van der Waals surface area contributed by atoms with Crippen LogP contribution in [0.4, 0.5) is 9.52 Å². The Bertz CT molecular complexity index is 731. The van der Waals surface area contributed by atoms with E-state index in [1.165, 1.54) is 12.1 Å². The number of halogens is 1. The molecule has 4 nitrogen and oxygen atoms in total. The second-order valence-electron chi connectivity index (χ2n) is 6.82. The van der Waals surface area contributed by atoms with E-state index >= 15 is 0 Å². The maximum atomic E-state index is 13.1. The van der Waals surface area contributed by atoms with Crippen LogP contribution in [0.15, 0.2) is 29.6 Å². The van der Waals surface area contributed by atoms with Gasteiger partial charge in [-0.25, -0.2) is 9.37 Å². The number of carbonyl (C=O) groups excluding carboxylic acids is 1. The number of amides is 1. The van der Waals surface area contributed by atoms with E-state index in [0.29, 0.717) is 5.91 Å². The molecular formula is C19H22FN3OS. The largest absolute Gasteiger partial charge is 0.348 e. The van der Waals surface area contributed by atoms with Crippen molar-refractivity contribution in [2.75, 3.05) is 31.1 Å². The third kappa shape index (κ3) is 3.54. The number of rotatable bonds is 3. The molecule has 0 atom stereocenters. The van der Waals surface area contributed by atoms with E-state index in [4.69, 9.17) is 4.98 Å². The molecule has 4 rings (SSSR count). The van der Waals surface area contributed by atoms with Gasteiger partial charge in [0.2, 0.25) is 5.91 Å². The highest BCUT2D eigenvalue weighted by Gasteiger charge is 2.30. The monoisotopic (exact) mass is 359 g/mol. The number of carbonyl (C=O) groups is 1. The van der Waals surface area contributed by atoms with E-state index in [9.17, 15) is 9.18 Å². The fraction of sp³-hybridized carbons (Fsp3) is 0.474. The molecule has 2 aromatic rings. The Morgan fingerprint density at radius 2 is 1.76 bits per heavy atom. The molecule has 2 aliphatic heterocycles. The first-order valence-electron chi connectivity index (χ1n) is 8.96. The topological polar surface area (TPSA) is 36.4 Å². The van der Waals surface area contributed by atoms with Crippen LogP contribution in [0.25, 0.3) is 11.3 Å². The molecule has 0 unspecified atom stereocenters. The number of nitrogens with zero attached hydrogens (tertiary/aromatic N) is 3. The van der Waals surface area contributed by atoms with Crippen molar-refractivity contribution in [3.63, 3.8) is 0 Å². The number of likely N-dealkylation sites (tertiary alicyclic amines) is 1. The summed E-state index contributed by atoms with van der Waals surface area (Å²) in [6, 6.07) is 6.44. The van der Waals surface area contributed by atoms with Crippen molar-refractivity contribution in [1.82, 2.24) is 9.88 Å². The lowest BCUT2D eigenvalue weighted by Gasteiger charge is -2.32. The Labute approximate surface area is 151 Å². The molecule has 1 aromatic carbocycles. The van der Waals surface area contributed by atoms with Crippen molar-refractivity contribution in [3.8, 4) is 11.3 Å². The predicted octanol–water partition coefficient (Wildman–Crippen LogP) is 3.79. The number of hydrogen-bond acceptors (Lipinski definition) is 4. The highest BCUT2D eigenvalue weighted by atomic mass is 32.1. The third-order valence-corrected chi connectivity index (χ3v) is 6.07. The number of aromatic nitrogens is 1. The Kier molecular flexibility index (Phi) is 4.70. The van der Waals surface area contributed by atoms with Crippen LogP contribution < -0.4 is 4.90 Å². The SMILES string of the molecule is O=C(C1CCN(c2nc(-c3ccc(F)cc3)cs2)CC1)N1CCCC1. The molecule has 2 saturated heterocycles. The van der Waals surface area contributed by atoms with Crippen LogP contribution in [-0.4, -0.2) is 42.0 Å². The van der Waals surface area contributed by atoms with Crippen LogP contribution in [0.5, 0.6) is 0 Å². The molecule has 0 spiro atoms. The Morgan fingerprint density at radius 1 is 1.08 bits per heavy atom. The molecule has 1 amide bonds.